The number of hydrogen-bond donors (Lipinski definition) is 0. The lowest BCUT2D eigenvalue weighted by Crippen LogP contribution is -2.35. The molecule has 5 heteroatoms. The van der Waals surface area contributed by atoms with Gasteiger partial charge < -0.3 is 0 Å². The molecule has 4 nitrogen and oxygen atoms in total. The van der Waals surface area contributed by atoms with Crippen molar-refractivity contribution in [2.75, 3.05) is 19.8 Å². The summed E-state index contributed by atoms with van der Waals surface area (Å²) in [5.41, 5.74) is 3.37. The van der Waals surface area contributed by atoms with Gasteiger partial charge in [0.05, 0.1) is 12.4 Å². The highest BCUT2D eigenvalue weighted by molar-refractivity contribution is 5.87. The van der Waals surface area contributed by atoms with E-state index in [2.05, 4.69) is 36.1 Å². The van der Waals surface area contributed by atoms with Gasteiger partial charge in [-0.05, 0) is 45.4 Å². The van der Waals surface area contributed by atoms with E-state index < -0.39 is 6.10 Å². The third kappa shape index (κ3) is 4.38. The van der Waals surface area contributed by atoms with Crippen molar-refractivity contribution in [2.45, 2.75) is 45.6 Å². The van der Waals surface area contributed by atoms with E-state index in [9.17, 15) is 4.79 Å². The van der Waals surface area contributed by atoms with E-state index in [0.717, 1.165) is 37.4 Å². The summed E-state index contributed by atoms with van der Waals surface area (Å²) in [6, 6.07) is 8.42. The maximum absolute atomic E-state index is 12.2. The van der Waals surface area contributed by atoms with Crippen molar-refractivity contribution in [2.24, 2.45) is 0 Å². The molecule has 0 amide bonds. The molecule has 132 valence electrons. The van der Waals surface area contributed by atoms with Gasteiger partial charge in [0, 0.05) is 12.0 Å². The predicted molar refractivity (Wildman–Crippen MR) is 98.7 cm³/mol. The Balaban J connectivity index is 0.00000208. The lowest BCUT2D eigenvalue weighted by molar-refractivity contribution is -0.161. The molecule has 0 spiro atoms. The Morgan fingerprint density at radius 1 is 1.21 bits per heavy atom. The van der Waals surface area contributed by atoms with E-state index in [1.807, 2.05) is 18.1 Å². The minimum absolute atomic E-state index is 0. The number of carbonyl (C=O) groups is 1. The molecule has 1 fully saturated rings. The summed E-state index contributed by atoms with van der Waals surface area (Å²) < 4.78 is 0. The van der Waals surface area contributed by atoms with Crippen LogP contribution in [0.3, 0.4) is 0 Å². The fourth-order valence-electron chi connectivity index (χ4n) is 3.17. The largest absolute Gasteiger partial charge is 0.296 e. The molecule has 0 N–H and O–H groups in total. The van der Waals surface area contributed by atoms with Crippen molar-refractivity contribution >= 4 is 23.9 Å². The quantitative estimate of drug-likeness (QED) is 0.781. The number of aryl methyl sites for hydroxylation is 1. The summed E-state index contributed by atoms with van der Waals surface area (Å²) in [5.74, 6) is 0.168. The fourth-order valence-corrected chi connectivity index (χ4v) is 3.17. The molecule has 2 aliphatic rings. The average Bonchev–Trinajstić information content (AvgIpc) is 3.19. The van der Waals surface area contributed by atoms with Crippen LogP contribution in [0.5, 0.6) is 0 Å². The average molecular weight is 351 g/mol. The number of ketones is 1. The fraction of sp³-hybridized carbons (Fsp3) is 0.526. The number of carbonyl (C=O) groups excluding carboxylic acids is 1. The maximum Gasteiger partial charge on any atom is 0.168 e. The van der Waals surface area contributed by atoms with E-state index in [0.29, 0.717) is 6.42 Å². The molecule has 0 aromatic heterocycles. The molecule has 0 radical (unpaired) electrons. The van der Waals surface area contributed by atoms with Gasteiger partial charge in [-0.15, -0.1) is 12.4 Å². The van der Waals surface area contributed by atoms with Crippen LogP contribution in [0.1, 0.15) is 43.7 Å². The first-order valence-electron chi connectivity index (χ1n) is 8.65. The van der Waals surface area contributed by atoms with Crippen LogP contribution >= 0.6 is 12.4 Å². The zero-order chi connectivity index (χ0) is 16.2. The second kappa shape index (κ2) is 8.65. The zero-order valence-corrected chi connectivity index (χ0v) is 15.3. The Bertz CT molecular complexity index is 580. The van der Waals surface area contributed by atoms with Crippen LogP contribution in [0, 0.1) is 6.92 Å². The van der Waals surface area contributed by atoms with Crippen LogP contribution in [0.15, 0.2) is 30.3 Å². The topological polar surface area (TPSA) is 32.8 Å². The van der Waals surface area contributed by atoms with Crippen molar-refractivity contribution in [3.8, 4) is 0 Å². The smallest absolute Gasteiger partial charge is 0.168 e. The molecule has 1 aromatic carbocycles. The number of rotatable bonds is 6. The summed E-state index contributed by atoms with van der Waals surface area (Å²) in [6.07, 6.45) is 5.47. The SMILES string of the molecule is CCCC(=O)C1C=C(c2ccc(C)cc2)N(CN2CCCC2)O1.Cl. The van der Waals surface area contributed by atoms with Gasteiger partial charge in [-0.25, -0.2) is 5.06 Å². The highest BCUT2D eigenvalue weighted by Gasteiger charge is 2.31. The predicted octanol–water partition coefficient (Wildman–Crippen LogP) is 3.80. The Morgan fingerprint density at radius 3 is 2.50 bits per heavy atom. The second-order valence-corrected chi connectivity index (χ2v) is 6.51. The minimum Gasteiger partial charge on any atom is -0.296 e. The van der Waals surface area contributed by atoms with Crippen molar-refractivity contribution in [3.63, 3.8) is 0 Å². The second-order valence-electron chi connectivity index (χ2n) is 6.51. The van der Waals surface area contributed by atoms with Gasteiger partial charge in [0.2, 0.25) is 0 Å². The molecule has 1 unspecified atom stereocenters. The summed E-state index contributed by atoms with van der Waals surface area (Å²) >= 11 is 0. The monoisotopic (exact) mass is 350 g/mol. The van der Waals surface area contributed by atoms with Gasteiger partial charge in [-0.3, -0.25) is 14.5 Å². The third-order valence-electron chi connectivity index (χ3n) is 4.51. The van der Waals surface area contributed by atoms with Gasteiger partial charge in [0.1, 0.15) is 0 Å². The number of nitrogens with zero attached hydrogens (tertiary/aromatic N) is 2. The van der Waals surface area contributed by atoms with Gasteiger partial charge in [-0.2, -0.15) is 0 Å². The van der Waals surface area contributed by atoms with Crippen molar-refractivity contribution in [1.29, 1.82) is 0 Å². The third-order valence-corrected chi connectivity index (χ3v) is 4.51. The van der Waals surface area contributed by atoms with E-state index >= 15 is 0 Å². The van der Waals surface area contributed by atoms with Gasteiger partial charge in [0.25, 0.3) is 0 Å². The first kappa shape index (κ1) is 19.0. The maximum atomic E-state index is 12.2. The Morgan fingerprint density at radius 2 is 1.88 bits per heavy atom. The van der Waals surface area contributed by atoms with Crippen LogP contribution in [-0.2, 0) is 9.63 Å². The van der Waals surface area contributed by atoms with Gasteiger partial charge >= 0.3 is 0 Å². The molecular weight excluding hydrogens is 324 g/mol. The zero-order valence-electron chi connectivity index (χ0n) is 14.5. The van der Waals surface area contributed by atoms with E-state index in [-0.39, 0.29) is 18.2 Å². The van der Waals surface area contributed by atoms with Gasteiger partial charge in [0.15, 0.2) is 11.9 Å². The number of hydrogen-bond acceptors (Lipinski definition) is 4. The van der Waals surface area contributed by atoms with Crippen molar-refractivity contribution in [3.05, 3.63) is 41.5 Å². The van der Waals surface area contributed by atoms with Crippen LogP contribution in [0.2, 0.25) is 0 Å². The van der Waals surface area contributed by atoms with Crippen molar-refractivity contribution in [1.82, 2.24) is 9.96 Å². The molecule has 2 aliphatic heterocycles. The number of halogens is 1. The lowest BCUT2D eigenvalue weighted by atomic mass is 10.1. The van der Waals surface area contributed by atoms with Crippen LogP contribution in [0.25, 0.3) is 5.70 Å². The van der Waals surface area contributed by atoms with Crippen LogP contribution < -0.4 is 0 Å². The van der Waals surface area contributed by atoms with Crippen LogP contribution in [0.4, 0.5) is 0 Å². The molecule has 0 aliphatic carbocycles. The van der Waals surface area contributed by atoms with Gasteiger partial charge in [-0.1, -0.05) is 36.8 Å². The minimum atomic E-state index is -0.436. The van der Waals surface area contributed by atoms with E-state index in [1.165, 1.54) is 18.4 Å². The molecule has 0 saturated carbocycles. The highest BCUT2D eigenvalue weighted by atomic mass is 35.5. The lowest BCUT2D eigenvalue weighted by Gasteiger charge is -2.27. The normalized spacial score (nSPS) is 20.8. The Hall–Kier alpha value is -1.36. The molecule has 1 aromatic rings. The Labute approximate surface area is 150 Å². The Kier molecular flexibility index (Phi) is 6.84. The van der Waals surface area contributed by atoms with E-state index in [1.54, 1.807) is 0 Å². The summed E-state index contributed by atoms with van der Waals surface area (Å²) in [4.78, 5) is 20.6. The number of likely N-dealkylation sites (tertiary alicyclic amines) is 1. The summed E-state index contributed by atoms with van der Waals surface area (Å²) in [5, 5.41) is 1.91. The van der Waals surface area contributed by atoms with Crippen LogP contribution in [-0.4, -0.2) is 41.6 Å². The first-order valence-corrected chi connectivity index (χ1v) is 8.65. The standard InChI is InChI=1S/C19H26N2O2.ClH/c1-3-6-18(22)19-13-17(16-9-7-15(2)8-10-16)21(23-19)14-20-11-4-5-12-20;/h7-10,13,19H,3-6,11-12,14H2,1-2H3;1H. The number of benzene rings is 1. The molecule has 1 atom stereocenters. The molecular formula is C19H27ClN2O2. The highest BCUT2D eigenvalue weighted by Crippen LogP contribution is 2.29. The molecule has 2 heterocycles. The first-order chi connectivity index (χ1) is 11.2. The summed E-state index contributed by atoms with van der Waals surface area (Å²) in [6.45, 7) is 7.05. The molecule has 24 heavy (non-hydrogen) atoms. The number of Topliss-reactive ketones (excluding diaryl/α,β-unsaturated/α-hetero) is 1. The molecule has 0 bridgehead atoms. The molecule has 1 saturated heterocycles. The number of hydroxylamine groups is 2. The van der Waals surface area contributed by atoms with E-state index in [4.69, 9.17) is 4.84 Å². The van der Waals surface area contributed by atoms with Crippen molar-refractivity contribution < 1.29 is 9.63 Å². The molecule has 3 rings (SSSR count). The summed E-state index contributed by atoms with van der Waals surface area (Å²) in [7, 11) is 0.